The smallest absolute Gasteiger partial charge is 0.271 e. The molecule has 1 heterocycles. The standard InChI is InChI=1S/C22H23N3O2/c1-4-17-8-5-6-11-21(17)25-15(2)12-19(16(25)3)14-23-24-22(27)18-9-7-10-20(26)13-18/h5-14,26H,4H2,1-3H3,(H,24,27)/b23-14+. The first-order valence-corrected chi connectivity index (χ1v) is 8.91. The number of nitrogens with one attached hydrogen (secondary N) is 1. The number of phenolic OH excluding ortho intramolecular Hbond substituents is 1. The molecule has 138 valence electrons. The summed E-state index contributed by atoms with van der Waals surface area (Å²) in [6.45, 7) is 6.24. The summed E-state index contributed by atoms with van der Waals surface area (Å²) in [7, 11) is 0. The first-order chi connectivity index (χ1) is 13.0. The highest BCUT2D eigenvalue weighted by molar-refractivity contribution is 5.95. The summed E-state index contributed by atoms with van der Waals surface area (Å²) in [4.78, 5) is 12.1. The fourth-order valence-corrected chi connectivity index (χ4v) is 3.19. The molecule has 0 spiro atoms. The van der Waals surface area contributed by atoms with Crippen molar-refractivity contribution in [3.63, 3.8) is 0 Å². The lowest BCUT2D eigenvalue weighted by Gasteiger charge is -2.13. The lowest BCUT2D eigenvalue weighted by atomic mass is 10.1. The number of nitrogens with zero attached hydrogens (tertiary/aromatic N) is 2. The average Bonchev–Trinajstić information content (AvgIpc) is 2.95. The van der Waals surface area contributed by atoms with Crippen LogP contribution in [0.5, 0.6) is 5.75 Å². The van der Waals surface area contributed by atoms with Crippen molar-refractivity contribution in [1.82, 2.24) is 9.99 Å². The SMILES string of the molecule is CCc1ccccc1-n1c(C)cc(/C=N/NC(=O)c2cccc(O)c2)c1C. The van der Waals surface area contributed by atoms with Crippen molar-refractivity contribution in [1.29, 1.82) is 0 Å². The molecule has 2 aromatic carbocycles. The van der Waals surface area contributed by atoms with Gasteiger partial charge in [-0.05, 0) is 56.2 Å². The zero-order valence-corrected chi connectivity index (χ0v) is 15.7. The Bertz CT molecular complexity index is 1000. The Hall–Kier alpha value is -3.34. The molecule has 5 heteroatoms. The van der Waals surface area contributed by atoms with Crippen molar-refractivity contribution >= 4 is 12.1 Å². The van der Waals surface area contributed by atoms with Crippen LogP contribution in [0, 0.1) is 13.8 Å². The van der Waals surface area contributed by atoms with Crippen molar-refractivity contribution < 1.29 is 9.90 Å². The molecule has 1 aromatic heterocycles. The molecular formula is C22H23N3O2. The topological polar surface area (TPSA) is 66.6 Å². The van der Waals surface area contributed by atoms with Crippen LogP contribution in [0.3, 0.4) is 0 Å². The first kappa shape index (κ1) is 18.5. The molecule has 0 aliphatic heterocycles. The zero-order chi connectivity index (χ0) is 19.4. The van der Waals surface area contributed by atoms with Gasteiger partial charge in [-0.2, -0.15) is 5.10 Å². The molecular weight excluding hydrogens is 338 g/mol. The number of aryl methyl sites for hydroxylation is 2. The monoisotopic (exact) mass is 361 g/mol. The van der Waals surface area contributed by atoms with Crippen LogP contribution in [0.1, 0.15) is 39.8 Å². The van der Waals surface area contributed by atoms with Gasteiger partial charge in [0, 0.05) is 28.2 Å². The van der Waals surface area contributed by atoms with Crippen LogP contribution in [-0.4, -0.2) is 21.8 Å². The number of rotatable bonds is 5. The summed E-state index contributed by atoms with van der Waals surface area (Å²) in [5, 5.41) is 13.5. The summed E-state index contributed by atoms with van der Waals surface area (Å²) in [6, 6.07) is 16.5. The van der Waals surface area contributed by atoms with Gasteiger partial charge in [-0.25, -0.2) is 5.43 Å². The van der Waals surface area contributed by atoms with Crippen molar-refractivity contribution in [2.24, 2.45) is 5.10 Å². The van der Waals surface area contributed by atoms with E-state index in [4.69, 9.17) is 0 Å². The van der Waals surface area contributed by atoms with E-state index in [1.807, 2.05) is 19.1 Å². The Kier molecular flexibility index (Phi) is 5.41. The second-order valence-electron chi connectivity index (χ2n) is 6.39. The minimum Gasteiger partial charge on any atom is -0.508 e. The number of hydrogen-bond donors (Lipinski definition) is 2. The highest BCUT2D eigenvalue weighted by atomic mass is 16.3. The van der Waals surface area contributed by atoms with Gasteiger partial charge in [0.15, 0.2) is 0 Å². The molecule has 0 saturated heterocycles. The molecule has 0 saturated carbocycles. The number of carbonyl (C=O) groups is 1. The Morgan fingerprint density at radius 2 is 1.93 bits per heavy atom. The molecule has 3 rings (SSSR count). The number of amides is 1. The van der Waals surface area contributed by atoms with Gasteiger partial charge in [0.05, 0.1) is 6.21 Å². The van der Waals surface area contributed by atoms with Gasteiger partial charge < -0.3 is 9.67 Å². The third kappa shape index (κ3) is 3.92. The van der Waals surface area contributed by atoms with E-state index in [1.54, 1.807) is 18.3 Å². The molecule has 2 N–H and O–H groups in total. The highest BCUT2D eigenvalue weighted by Gasteiger charge is 2.12. The number of aromatic nitrogens is 1. The minimum absolute atomic E-state index is 0.0461. The average molecular weight is 361 g/mol. The molecule has 27 heavy (non-hydrogen) atoms. The Labute approximate surface area is 159 Å². The van der Waals surface area contributed by atoms with Crippen molar-refractivity contribution in [2.75, 3.05) is 0 Å². The van der Waals surface area contributed by atoms with Crippen LogP contribution in [0.15, 0.2) is 59.7 Å². The van der Waals surface area contributed by atoms with Gasteiger partial charge in [0.25, 0.3) is 5.91 Å². The minimum atomic E-state index is -0.368. The molecule has 5 nitrogen and oxygen atoms in total. The second-order valence-corrected chi connectivity index (χ2v) is 6.39. The maximum atomic E-state index is 12.1. The third-order valence-electron chi connectivity index (χ3n) is 4.56. The predicted molar refractivity (Wildman–Crippen MR) is 108 cm³/mol. The fraction of sp³-hybridized carbons (Fsp3) is 0.182. The molecule has 1 amide bonds. The Balaban J connectivity index is 1.82. The van der Waals surface area contributed by atoms with Crippen molar-refractivity contribution in [3.8, 4) is 11.4 Å². The number of aromatic hydroxyl groups is 1. The van der Waals surface area contributed by atoms with E-state index in [0.29, 0.717) is 5.56 Å². The lowest BCUT2D eigenvalue weighted by molar-refractivity contribution is 0.0954. The molecule has 0 aliphatic rings. The molecule has 0 fully saturated rings. The molecule has 3 aromatic rings. The molecule has 0 aliphatic carbocycles. The highest BCUT2D eigenvalue weighted by Crippen LogP contribution is 2.23. The van der Waals surface area contributed by atoms with E-state index in [9.17, 15) is 9.90 Å². The van der Waals surface area contributed by atoms with Crippen LogP contribution in [0.4, 0.5) is 0 Å². The van der Waals surface area contributed by atoms with E-state index in [0.717, 1.165) is 23.4 Å². The van der Waals surface area contributed by atoms with Gasteiger partial charge in [-0.3, -0.25) is 4.79 Å². The first-order valence-electron chi connectivity index (χ1n) is 8.91. The summed E-state index contributed by atoms with van der Waals surface area (Å²) in [6.07, 6.45) is 2.60. The van der Waals surface area contributed by atoms with Gasteiger partial charge >= 0.3 is 0 Å². The maximum Gasteiger partial charge on any atom is 0.271 e. The molecule has 0 radical (unpaired) electrons. The molecule has 0 atom stereocenters. The van der Waals surface area contributed by atoms with Gasteiger partial charge in [-0.15, -0.1) is 0 Å². The second kappa shape index (κ2) is 7.91. The molecule has 0 unspecified atom stereocenters. The maximum absolute atomic E-state index is 12.1. The van der Waals surface area contributed by atoms with E-state index < -0.39 is 0 Å². The number of hydrazone groups is 1. The number of benzene rings is 2. The normalized spacial score (nSPS) is 11.1. The summed E-state index contributed by atoms with van der Waals surface area (Å²) < 4.78 is 2.21. The van der Waals surface area contributed by atoms with Crippen LogP contribution >= 0.6 is 0 Å². The summed E-state index contributed by atoms with van der Waals surface area (Å²) in [5.41, 5.74) is 8.41. The van der Waals surface area contributed by atoms with E-state index in [-0.39, 0.29) is 11.7 Å². The van der Waals surface area contributed by atoms with E-state index in [1.165, 1.54) is 23.4 Å². The van der Waals surface area contributed by atoms with Gasteiger partial charge in [0.2, 0.25) is 0 Å². The number of para-hydroxylation sites is 1. The van der Waals surface area contributed by atoms with Gasteiger partial charge in [-0.1, -0.05) is 31.2 Å². The fourth-order valence-electron chi connectivity index (χ4n) is 3.19. The third-order valence-corrected chi connectivity index (χ3v) is 4.56. The van der Waals surface area contributed by atoms with Crippen LogP contribution in [0.25, 0.3) is 5.69 Å². The summed E-state index contributed by atoms with van der Waals surface area (Å²) in [5.74, 6) is -0.322. The van der Waals surface area contributed by atoms with Gasteiger partial charge in [0.1, 0.15) is 5.75 Å². The Morgan fingerprint density at radius 1 is 1.15 bits per heavy atom. The quantitative estimate of drug-likeness (QED) is 0.530. The largest absolute Gasteiger partial charge is 0.508 e. The van der Waals surface area contributed by atoms with Crippen molar-refractivity contribution in [3.05, 3.63) is 82.7 Å². The number of carbonyl (C=O) groups excluding carboxylic acids is 1. The van der Waals surface area contributed by atoms with E-state index >= 15 is 0 Å². The van der Waals surface area contributed by atoms with Crippen LogP contribution < -0.4 is 5.43 Å². The molecule has 0 bridgehead atoms. The predicted octanol–water partition coefficient (Wildman–Crippen LogP) is 4.13. The zero-order valence-electron chi connectivity index (χ0n) is 15.7. The van der Waals surface area contributed by atoms with E-state index in [2.05, 4.69) is 47.1 Å². The lowest BCUT2D eigenvalue weighted by Crippen LogP contribution is -2.17. The van der Waals surface area contributed by atoms with Crippen molar-refractivity contribution in [2.45, 2.75) is 27.2 Å². The van der Waals surface area contributed by atoms with Crippen LogP contribution in [-0.2, 0) is 6.42 Å². The summed E-state index contributed by atoms with van der Waals surface area (Å²) >= 11 is 0. The number of phenols is 1. The van der Waals surface area contributed by atoms with Crippen LogP contribution in [0.2, 0.25) is 0 Å². The Morgan fingerprint density at radius 3 is 2.67 bits per heavy atom. The number of hydrogen-bond acceptors (Lipinski definition) is 3.